The smallest absolute Gasteiger partial charge is 0.351 e. The van der Waals surface area contributed by atoms with Crippen LogP contribution in [0.2, 0.25) is 0 Å². The van der Waals surface area contributed by atoms with Gasteiger partial charge in [-0.2, -0.15) is 10.2 Å². The molecule has 0 bridgehead atoms. The van der Waals surface area contributed by atoms with Crippen molar-refractivity contribution in [1.82, 2.24) is 14.2 Å². The number of nitrogens with zero attached hydrogens (tertiary/aromatic N) is 4. The van der Waals surface area contributed by atoms with Crippen LogP contribution in [0, 0.1) is 18.3 Å². The minimum atomic E-state index is -1.68. The van der Waals surface area contributed by atoms with Crippen LogP contribution in [0.15, 0.2) is 89.9 Å². The van der Waals surface area contributed by atoms with Crippen LogP contribution in [0.1, 0.15) is 75.9 Å². The zero-order chi connectivity index (χ0) is 40.4. The SMILES string of the molecule is COc1ccc(C(OCC2OC(n3cc(C)c(NC(C)=O)nc3=O)CC2OP(OCCC#N)N(C(C)C)C(C)C)(c2ccccc2)c2ccc(OC)cc2)cc1. The predicted molar refractivity (Wildman–Crippen MR) is 214 cm³/mol. The molecule has 1 saturated heterocycles. The fourth-order valence-corrected chi connectivity index (χ4v) is 8.65. The summed E-state index contributed by atoms with van der Waals surface area (Å²) in [7, 11) is 1.57. The molecule has 1 N–H and O–H groups in total. The zero-order valence-electron chi connectivity index (χ0n) is 33.3. The van der Waals surface area contributed by atoms with E-state index in [1.54, 1.807) is 27.3 Å². The zero-order valence-corrected chi connectivity index (χ0v) is 34.2. The highest BCUT2D eigenvalue weighted by molar-refractivity contribution is 7.44. The first-order valence-electron chi connectivity index (χ1n) is 18.7. The van der Waals surface area contributed by atoms with Gasteiger partial charge in [-0.05, 0) is 75.6 Å². The minimum Gasteiger partial charge on any atom is -0.497 e. The number of nitriles is 1. The Kier molecular flexibility index (Phi) is 14.8. The van der Waals surface area contributed by atoms with Crippen LogP contribution in [0.5, 0.6) is 11.5 Å². The molecule has 1 aromatic heterocycles. The summed E-state index contributed by atoms with van der Waals surface area (Å²) in [4.78, 5) is 29.5. The van der Waals surface area contributed by atoms with Gasteiger partial charge in [0.2, 0.25) is 5.91 Å². The second kappa shape index (κ2) is 19.5. The molecule has 1 fully saturated rings. The number of nitrogens with one attached hydrogen (secondary N) is 1. The van der Waals surface area contributed by atoms with E-state index < -0.39 is 38.3 Å². The van der Waals surface area contributed by atoms with Gasteiger partial charge in [0.1, 0.15) is 35.2 Å². The molecule has 13 nitrogen and oxygen atoms in total. The van der Waals surface area contributed by atoms with Crippen LogP contribution in [0.4, 0.5) is 5.82 Å². The number of hydrogen-bond acceptors (Lipinski definition) is 11. The summed E-state index contributed by atoms with van der Waals surface area (Å²) in [6.45, 7) is 11.6. The molecular weight excluding hydrogens is 733 g/mol. The number of amides is 1. The van der Waals surface area contributed by atoms with Gasteiger partial charge in [-0.15, -0.1) is 0 Å². The van der Waals surface area contributed by atoms with Crippen molar-refractivity contribution in [1.29, 1.82) is 5.26 Å². The van der Waals surface area contributed by atoms with E-state index in [0.29, 0.717) is 17.1 Å². The third-order valence-corrected chi connectivity index (χ3v) is 11.6. The Hall–Kier alpha value is -4.67. The molecule has 56 heavy (non-hydrogen) atoms. The number of benzene rings is 3. The predicted octanol–water partition coefficient (Wildman–Crippen LogP) is 7.48. The van der Waals surface area contributed by atoms with Crippen LogP contribution >= 0.6 is 8.53 Å². The molecule has 0 aliphatic carbocycles. The van der Waals surface area contributed by atoms with Gasteiger partial charge in [0.05, 0.1) is 46.0 Å². The number of hydrogen-bond donors (Lipinski definition) is 1. The van der Waals surface area contributed by atoms with Crippen LogP contribution in [-0.2, 0) is 28.9 Å². The van der Waals surface area contributed by atoms with Gasteiger partial charge >= 0.3 is 5.69 Å². The maximum absolute atomic E-state index is 13.5. The molecule has 0 saturated carbocycles. The quantitative estimate of drug-likeness (QED) is 0.0609. The summed E-state index contributed by atoms with van der Waals surface area (Å²) in [5, 5.41) is 12.0. The molecule has 3 aromatic carbocycles. The molecule has 2 heterocycles. The highest BCUT2D eigenvalue weighted by Gasteiger charge is 2.45. The number of carbonyl (C=O) groups excluding carboxylic acids is 1. The van der Waals surface area contributed by atoms with Crippen molar-refractivity contribution >= 4 is 20.3 Å². The molecule has 1 aliphatic rings. The maximum Gasteiger partial charge on any atom is 0.351 e. The van der Waals surface area contributed by atoms with E-state index in [1.165, 1.54) is 11.5 Å². The number of aryl methyl sites for hydroxylation is 1. The summed E-state index contributed by atoms with van der Waals surface area (Å²) < 4.78 is 41.9. The molecule has 1 amide bonds. The van der Waals surface area contributed by atoms with Crippen molar-refractivity contribution in [2.75, 3.05) is 32.8 Å². The highest BCUT2D eigenvalue weighted by Crippen LogP contribution is 2.50. The molecule has 1 aliphatic heterocycles. The maximum atomic E-state index is 13.5. The third-order valence-electron chi connectivity index (χ3n) is 9.45. The van der Waals surface area contributed by atoms with Gasteiger partial charge in [0.25, 0.3) is 8.53 Å². The summed E-state index contributed by atoms with van der Waals surface area (Å²) in [5.41, 5.74) is 1.43. The van der Waals surface area contributed by atoms with E-state index in [2.05, 4.69) is 48.7 Å². The van der Waals surface area contributed by atoms with Crippen LogP contribution < -0.4 is 20.5 Å². The van der Waals surface area contributed by atoms with Crippen molar-refractivity contribution in [3.63, 3.8) is 0 Å². The van der Waals surface area contributed by atoms with Gasteiger partial charge in [-0.1, -0.05) is 54.6 Å². The van der Waals surface area contributed by atoms with Crippen molar-refractivity contribution in [3.05, 3.63) is 118 Å². The molecular formula is C42H52N5O8P. The second-order valence-electron chi connectivity index (χ2n) is 14.0. The lowest BCUT2D eigenvalue weighted by molar-refractivity contribution is -0.114. The average Bonchev–Trinajstić information content (AvgIpc) is 3.58. The average molecular weight is 786 g/mol. The van der Waals surface area contributed by atoms with E-state index >= 15 is 0 Å². The van der Waals surface area contributed by atoms with Crippen molar-refractivity contribution < 1.29 is 32.8 Å². The van der Waals surface area contributed by atoms with E-state index in [4.69, 9.17) is 28.0 Å². The first kappa shape index (κ1) is 42.5. The van der Waals surface area contributed by atoms with E-state index in [9.17, 15) is 14.9 Å². The molecule has 4 unspecified atom stereocenters. The molecule has 298 valence electrons. The molecule has 0 spiro atoms. The molecule has 5 rings (SSSR count). The van der Waals surface area contributed by atoms with Gasteiger partial charge in [0, 0.05) is 37.2 Å². The fourth-order valence-electron chi connectivity index (χ4n) is 6.89. The Morgan fingerprint density at radius 3 is 2.07 bits per heavy atom. The van der Waals surface area contributed by atoms with Crippen molar-refractivity contribution in [3.8, 4) is 17.6 Å². The fraction of sp³-hybridized carbons (Fsp3) is 0.429. The topological polar surface area (TPSA) is 146 Å². The number of anilines is 1. The lowest BCUT2D eigenvalue weighted by Crippen LogP contribution is -2.39. The molecule has 4 atom stereocenters. The summed E-state index contributed by atoms with van der Waals surface area (Å²) in [6.07, 6.45) is 0.00222. The lowest BCUT2D eigenvalue weighted by atomic mass is 9.80. The van der Waals surface area contributed by atoms with E-state index in [0.717, 1.165) is 16.7 Å². The third kappa shape index (κ3) is 9.82. The van der Waals surface area contributed by atoms with Crippen LogP contribution in [0.25, 0.3) is 0 Å². The Bertz CT molecular complexity index is 1930. The number of rotatable bonds is 18. The summed E-state index contributed by atoms with van der Waals surface area (Å²) in [6, 6.07) is 27.8. The monoisotopic (exact) mass is 785 g/mol. The first-order chi connectivity index (χ1) is 26.9. The first-order valence-corrected chi connectivity index (χ1v) is 19.8. The Labute approximate surface area is 330 Å². The lowest BCUT2D eigenvalue weighted by Gasteiger charge is -2.39. The highest BCUT2D eigenvalue weighted by atomic mass is 31.2. The van der Waals surface area contributed by atoms with Gasteiger partial charge < -0.3 is 33.3 Å². The normalized spacial score (nSPS) is 17.6. The minimum absolute atomic E-state index is 0.0317. The van der Waals surface area contributed by atoms with Gasteiger partial charge in [0.15, 0.2) is 0 Å². The Balaban J connectivity index is 1.61. The number of ether oxygens (including phenoxy) is 4. The number of aromatic nitrogens is 2. The standard InChI is InChI=1S/C42H52N5O8P/c1-28(2)47(29(3)4)56(53-24-12-23-43)55-37-25-39(46-26-30(5)40(44-31(6)48)45-41(46)49)54-38(37)27-52-42(32-13-10-9-11-14-32,33-15-19-35(50-7)20-16-33)34-17-21-36(51-8)22-18-34/h9-11,13-22,26,28-29,37-39H,12,24-25,27H2,1-8H3,(H,44,45,48,49). The van der Waals surface area contributed by atoms with Crippen LogP contribution in [-0.4, -0.2) is 71.9 Å². The molecule has 4 aromatic rings. The molecule has 14 heteroatoms. The number of carbonyl (C=O) groups is 1. The largest absolute Gasteiger partial charge is 0.497 e. The van der Waals surface area contributed by atoms with Gasteiger partial charge in [-0.3, -0.25) is 9.36 Å². The second-order valence-corrected chi connectivity index (χ2v) is 15.4. The van der Waals surface area contributed by atoms with Crippen LogP contribution in [0.3, 0.4) is 0 Å². The van der Waals surface area contributed by atoms with Crippen molar-refractivity contribution in [2.24, 2.45) is 0 Å². The number of methoxy groups -OCH3 is 2. The van der Waals surface area contributed by atoms with E-state index in [1.807, 2.05) is 78.9 Å². The summed E-state index contributed by atoms with van der Waals surface area (Å²) >= 11 is 0. The Morgan fingerprint density at radius 2 is 1.55 bits per heavy atom. The molecule has 0 radical (unpaired) electrons. The van der Waals surface area contributed by atoms with Crippen molar-refractivity contribution in [2.45, 2.75) is 90.5 Å². The summed E-state index contributed by atoms with van der Waals surface area (Å²) in [5.74, 6) is 1.25. The van der Waals surface area contributed by atoms with E-state index in [-0.39, 0.29) is 49.9 Å². The Morgan fingerprint density at radius 1 is 0.982 bits per heavy atom. The van der Waals surface area contributed by atoms with Gasteiger partial charge in [-0.25, -0.2) is 9.46 Å².